The minimum Gasteiger partial charge on any atom is -0.493 e. The Morgan fingerprint density at radius 2 is 1.95 bits per heavy atom. The number of aliphatic hydroxyl groups excluding tert-OH is 1. The van der Waals surface area contributed by atoms with Crippen LogP contribution < -0.4 is 9.47 Å². The molecule has 0 radical (unpaired) electrons. The van der Waals surface area contributed by atoms with Crippen LogP contribution in [0.15, 0.2) is 36.4 Å². The summed E-state index contributed by atoms with van der Waals surface area (Å²) in [5, 5.41) is 20.0. The predicted octanol–water partition coefficient (Wildman–Crippen LogP) is 3.20. The second-order valence-corrected chi connectivity index (χ2v) is 4.44. The highest BCUT2D eigenvalue weighted by atomic mass is 16.6. The molecule has 0 saturated heterocycles. The Bertz CT molecular complexity index is 669. The summed E-state index contributed by atoms with van der Waals surface area (Å²) in [6, 6.07) is 9.34. The summed E-state index contributed by atoms with van der Waals surface area (Å²) >= 11 is 0. The first kappa shape index (κ1) is 14.8. The average molecular weight is 289 g/mol. The number of aryl methyl sites for hydroxylation is 1. The van der Waals surface area contributed by atoms with Crippen LogP contribution >= 0.6 is 0 Å². The second-order valence-electron chi connectivity index (χ2n) is 4.44. The fraction of sp³-hybridized carbons (Fsp3) is 0.200. The molecule has 21 heavy (non-hydrogen) atoms. The fourth-order valence-electron chi connectivity index (χ4n) is 1.89. The van der Waals surface area contributed by atoms with E-state index >= 15 is 0 Å². The third-order valence-corrected chi connectivity index (χ3v) is 3.07. The maximum absolute atomic E-state index is 10.8. The number of nitrogens with zero attached hydrogens (tertiary/aromatic N) is 1. The maximum atomic E-state index is 10.8. The standard InChI is InChI=1S/C15H15NO5/c1-10-7-13(5-3-11(10)9-17)21-15-8-12(16(18)19)4-6-14(15)20-2/h3-8,17H,9H2,1-2H3. The van der Waals surface area contributed by atoms with E-state index in [1.54, 1.807) is 18.2 Å². The summed E-state index contributed by atoms with van der Waals surface area (Å²) in [7, 11) is 1.47. The van der Waals surface area contributed by atoms with Crippen molar-refractivity contribution in [2.75, 3.05) is 7.11 Å². The molecule has 0 fully saturated rings. The normalized spacial score (nSPS) is 10.2. The molecule has 0 atom stereocenters. The zero-order valence-electron chi connectivity index (χ0n) is 11.7. The molecule has 0 aromatic heterocycles. The topological polar surface area (TPSA) is 81.8 Å². The molecule has 0 saturated carbocycles. The van der Waals surface area contributed by atoms with Crippen LogP contribution in [0.2, 0.25) is 0 Å². The first-order valence-electron chi connectivity index (χ1n) is 6.26. The van der Waals surface area contributed by atoms with Gasteiger partial charge < -0.3 is 14.6 Å². The number of hydrogen-bond donors (Lipinski definition) is 1. The van der Waals surface area contributed by atoms with Crippen molar-refractivity contribution in [2.24, 2.45) is 0 Å². The van der Waals surface area contributed by atoms with Crippen LogP contribution in [0.25, 0.3) is 0 Å². The number of rotatable bonds is 5. The van der Waals surface area contributed by atoms with Gasteiger partial charge in [-0.25, -0.2) is 0 Å². The van der Waals surface area contributed by atoms with Gasteiger partial charge >= 0.3 is 0 Å². The van der Waals surface area contributed by atoms with Crippen molar-refractivity contribution in [2.45, 2.75) is 13.5 Å². The molecule has 110 valence electrons. The molecule has 0 amide bonds. The highest BCUT2D eigenvalue weighted by Gasteiger charge is 2.13. The number of aliphatic hydroxyl groups is 1. The quantitative estimate of drug-likeness (QED) is 0.675. The van der Waals surface area contributed by atoms with Crippen molar-refractivity contribution in [3.63, 3.8) is 0 Å². The largest absolute Gasteiger partial charge is 0.493 e. The van der Waals surface area contributed by atoms with Crippen molar-refractivity contribution in [3.8, 4) is 17.2 Å². The summed E-state index contributed by atoms with van der Waals surface area (Å²) in [5.41, 5.74) is 1.60. The molecule has 0 unspecified atom stereocenters. The molecule has 0 heterocycles. The van der Waals surface area contributed by atoms with E-state index in [1.165, 1.54) is 25.3 Å². The second kappa shape index (κ2) is 6.23. The van der Waals surface area contributed by atoms with Gasteiger partial charge in [0.1, 0.15) is 5.75 Å². The molecule has 6 nitrogen and oxygen atoms in total. The van der Waals surface area contributed by atoms with Crippen LogP contribution in [-0.4, -0.2) is 17.1 Å². The Hall–Kier alpha value is -2.60. The van der Waals surface area contributed by atoms with Crippen LogP contribution in [0.1, 0.15) is 11.1 Å². The summed E-state index contributed by atoms with van der Waals surface area (Å²) in [6.07, 6.45) is 0. The molecule has 2 aromatic rings. The monoisotopic (exact) mass is 289 g/mol. The third kappa shape index (κ3) is 3.29. The molecule has 0 bridgehead atoms. The Kier molecular flexibility index (Phi) is 4.39. The van der Waals surface area contributed by atoms with E-state index in [9.17, 15) is 10.1 Å². The van der Waals surface area contributed by atoms with Crippen LogP contribution in [0.3, 0.4) is 0 Å². The van der Waals surface area contributed by atoms with E-state index in [-0.39, 0.29) is 18.0 Å². The molecule has 2 aromatic carbocycles. The van der Waals surface area contributed by atoms with Gasteiger partial charge in [-0.1, -0.05) is 6.07 Å². The van der Waals surface area contributed by atoms with Crippen molar-refractivity contribution in [1.82, 2.24) is 0 Å². The van der Waals surface area contributed by atoms with Gasteiger partial charge in [-0.15, -0.1) is 0 Å². The summed E-state index contributed by atoms with van der Waals surface area (Å²) < 4.78 is 10.8. The van der Waals surface area contributed by atoms with E-state index in [2.05, 4.69) is 0 Å². The van der Waals surface area contributed by atoms with Gasteiger partial charge in [0.05, 0.1) is 24.7 Å². The number of benzene rings is 2. The number of ether oxygens (including phenoxy) is 2. The molecule has 1 N–H and O–H groups in total. The first-order valence-corrected chi connectivity index (χ1v) is 6.26. The zero-order valence-corrected chi connectivity index (χ0v) is 11.7. The number of methoxy groups -OCH3 is 1. The predicted molar refractivity (Wildman–Crippen MR) is 76.8 cm³/mol. The van der Waals surface area contributed by atoms with Gasteiger partial charge in [0, 0.05) is 6.07 Å². The van der Waals surface area contributed by atoms with E-state index in [1.807, 2.05) is 6.92 Å². The summed E-state index contributed by atoms with van der Waals surface area (Å²) in [4.78, 5) is 10.3. The van der Waals surface area contributed by atoms with E-state index in [4.69, 9.17) is 14.6 Å². The molecule has 6 heteroatoms. The summed E-state index contributed by atoms with van der Waals surface area (Å²) in [5.74, 6) is 1.19. The van der Waals surface area contributed by atoms with Gasteiger partial charge in [0.15, 0.2) is 11.5 Å². The average Bonchev–Trinajstić information content (AvgIpc) is 2.47. The van der Waals surface area contributed by atoms with Crippen molar-refractivity contribution >= 4 is 5.69 Å². The zero-order chi connectivity index (χ0) is 15.4. The Morgan fingerprint density at radius 1 is 1.19 bits per heavy atom. The van der Waals surface area contributed by atoms with E-state index < -0.39 is 4.92 Å². The van der Waals surface area contributed by atoms with Crippen LogP contribution in [0.5, 0.6) is 17.2 Å². The number of nitro groups is 1. The lowest BCUT2D eigenvalue weighted by Gasteiger charge is -2.11. The Morgan fingerprint density at radius 3 is 2.52 bits per heavy atom. The SMILES string of the molecule is COc1ccc([N+](=O)[O-])cc1Oc1ccc(CO)c(C)c1. The van der Waals surface area contributed by atoms with Crippen molar-refractivity contribution < 1.29 is 19.5 Å². The fourth-order valence-corrected chi connectivity index (χ4v) is 1.89. The minimum absolute atomic E-state index is 0.0494. The van der Waals surface area contributed by atoms with E-state index in [0.717, 1.165) is 11.1 Å². The molecular formula is C15H15NO5. The maximum Gasteiger partial charge on any atom is 0.273 e. The van der Waals surface area contributed by atoms with Crippen LogP contribution in [-0.2, 0) is 6.61 Å². The number of non-ortho nitro benzene ring substituents is 1. The molecular weight excluding hydrogens is 274 g/mol. The molecule has 0 aliphatic heterocycles. The third-order valence-electron chi connectivity index (χ3n) is 3.07. The first-order chi connectivity index (χ1) is 10.0. The number of nitro benzene ring substituents is 1. The van der Waals surface area contributed by atoms with Gasteiger partial charge in [-0.3, -0.25) is 10.1 Å². The lowest BCUT2D eigenvalue weighted by Crippen LogP contribution is -1.95. The van der Waals surface area contributed by atoms with Crippen LogP contribution in [0, 0.1) is 17.0 Å². The summed E-state index contributed by atoms with van der Waals surface area (Å²) in [6.45, 7) is 1.80. The van der Waals surface area contributed by atoms with Crippen molar-refractivity contribution in [3.05, 3.63) is 57.6 Å². The van der Waals surface area contributed by atoms with Gasteiger partial charge in [0.2, 0.25) is 0 Å². The van der Waals surface area contributed by atoms with Crippen LogP contribution in [0.4, 0.5) is 5.69 Å². The molecule has 0 aliphatic rings. The van der Waals surface area contributed by atoms with Gasteiger partial charge in [-0.05, 0) is 36.2 Å². The smallest absolute Gasteiger partial charge is 0.273 e. The number of hydrogen-bond acceptors (Lipinski definition) is 5. The molecule has 0 aliphatic carbocycles. The highest BCUT2D eigenvalue weighted by Crippen LogP contribution is 2.35. The highest BCUT2D eigenvalue weighted by molar-refractivity contribution is 5.50. The molecule has 0 spiro atoms. The Labute approximate surface area is 121 Å². The van der Waals surface area contributed by atoms with Gasteiger partial charge in [0.25, 0.3) is 5.69 Å². The minimum atomic E-state index is -0.494. The molecule has 2 rings (SSSR count). The Balaban J connectivity index is 2.35. The lowest BCUT2D eigenvalue weighted by atomic mass is 10.1. The lowest BCUT2D eigenvalue weighted by molar-refractivity contribution is -0.384. The van der Waals surface area contributed by atoms with Gasteiger partial charge in [-0.2, -0.15) is 0 Å². The van der Waals surface area contributed by atoms with Crippen molar-refractivity contribution in [1.29, 1.82) is 0 Å². The van der Waals surface area contributed by atoms with E-state index in [0.29, 0.717) is 11.5 Å².